The molecule has 0 spiro atoms. The lowest BCUT2D eigenvalue weighted by atomic mass is 10.1. The first-order chi connectivity index (χ1) is 7.24. The largest absolute Gasteiger partial charge is 0.394 e. The molecule has 0 fully saturated rings. The number of carbonyl (C=O) groups excluding carboxylic acids is 1. The average molecular weight is 216 g/mol. The Bertz CT molecular complexity index is 159. The van der Waals surface area contributed by atoms with Gasteiger partial charge in [-0.3, -0.25) is 4.79 Å². The van der Waals surface area contributed by atoms with E-state index < -0.39 is 0 Å². The molecule has 0 heterocycles. The van der Waals surface area contributed by atoms with Crippen LogP contribution in [0.25, 0.3) is 0 Å². The summed E-state index contributed by atoms with van der Waals surface area (Å²) in [6.07, 6.45) is 5.43. The van der Waals surface area contributed by atoms with Crippen LogP contribution in [0.4, 0.5) is 0 Å². The summed E-state index contributed by atoms with van der Waals surface area (Å²) in [6.45, 7) is 2.70. The van der Waals surface area contributed by atoms with Crippen LogP contribution >= 0.6 is 0 Å². The van der Waals surface area contributed by atoms with Crippen molar-refractivity contribution in [1.82, 2.24) is 5.32 Å². The van der Waals surface area contributed by atoms with Crippen molar-refractivity contribution in [2.75, 3.05) is 13.2 Å². The van der Waals surface area contributed by atoms with Gasteiger partial charge in [0.05, 0.1) is 12.6 Å². The van der Waals surface area contributed by atoms with E-state index in [4.69, 9.17) is 10.8 Å². The highest BCUT2D eigenvalue weighted by Crippen LogP contribution is 2.02. The molecule has 0 saturated heterocycles. The number of hydrogen-bond acceptors (Lipinski definition) is 3. The monoisotopic (exact) mass is 216 g/mol. The number of amides is 1. The molecule has 0 aliphatic carbocycles. The van der Waals surface area contributed by atoms with Gasteiger partial charge in [0, 0.05) is 6.42 Å². The van der Waals surface area contributed by atoms with Crippen molar-refractivity contribution in [3.8, 4) is 0 Å². The molecule has 15 heavy (non-hydrogen) atoms. The van der Waals surface area contributed by atoms with E-state index in [1.807, 2.05) is 6.92 Å². The van der Waals surface area contributed by atoms with Gasteiger partial charge in [-0.05, 0) is 25.8 Å². The molecular weight excluding hydrogens is 192 g/mol. The van der Waals surface area contributed by atoms with E-state index in [0.717, 1.165) is 38.6 Å². The standard InChI is InChI=1S/C11H24N2O2/c1-2-10(9-14)13-11(15)7-5-3-4-6-8-12/h10,14H,2-9,12H2,1H3,(H,13,15)/t10-/m1/s1. The number of nitrogens with two attached hydrogens (primary N) is 1. The third-order valence-electron chi connectivity index (χ3n) is 2.44. The molecule has 0 radical (unpaired) electrons. The summed E-state index contributed by atoms with van der Waals surface area (Å²) in [5.74, 6) is 0.0450. The number of carbonyl (C=O) groups is 1. The maximum Gasteiger partial charge on any atom is 0.220 e. The van der Waals surface area contributed by atoms with Crippen LogP contribution in [-0.2, 0) is 4.79 Å². The van der Waals surface area contributed by atoms with Crippen LogP contribution in [0.5, 0.6) is 0 Å². The Hall–Kier alpha value is -0.610. The van der Waals surface area contributed by atoms with Crippen LogP contribution in [0.3, 0.4) is 0 Å². The summed E-state index contributed by atoms with van der Waals surface area (Å²) in [5, 5.41) is 11.7. The Balaban J connectivity index is 3.40. The first kappa shape index (κ1) is 14.4. The van der Waals surface area contributed by atoms with Gasteiger partial charge in [-0.2, -0.15) is 0 Å². The van der Waals surface area contributed by atoms with Crippen molar-refractivity contribution in [2.45, 2.75) is 51.5 Å². The zero-order valence-electron chi connectivity index (χ0n) is 9.67. The zero-order chi connectivity index (χ0) is 11.5. The SMILES string of the molecule is CC[C@H](CO)NC(=O)CCCCCCN. The number of unbranched alkanes of at least 4 members (excludes halogenated alkanes) is 3. The zero-order valence-corrected chi connectivity index (χ0v) is 9.67. The van der Waals surface area contributed by atoms with E-state index in [-0.39, 0.29) is 18.6 Å². The first-order valence-electron chi connectivity index (χ1n) is 5.84. The fourth-order valence-corrected chi connectivity index (χ4v) is 1.36. The molecule has 4 nitrogen and oxygen atoms in total. The highest BCUT2D eigenvalue weighted by molar-refractivity contribution is 5.76. The minimum absolute atomic E-state index is 0.0232. The van der Waals surface area contributed by atoms with Gasteiger partial charge in [-0.25, -0.2) is 0 Å². The van der Waals surface area contributed by atoms with Gasteiger partial charge >= 0.3 is 0 Å². The number of aliphatic hydroxyl groups excluding tert-OH is 1. The maximum atomic E-state index is 11.4. The van der Waals surface area contributed by atoms with Gasteiger partial charge in [0.25, 0.3) is 0 Å². The number of aliphatic hydroxyl groups is 1. The maximum absolute atomic E-state index is 11.4. The van der Waals surface area contributed by atoms with E-state index >= 15 is 0 Å². The van der Waals surface area contributed by atoms with Crippen LogP contribution in [0.15, 0.2) is 0 Å². The van der Waals surface area contributed by atoms with Crippen LogP contribution in [-0.4, -0.2) is 30.2 Å². The molecule has 90 valence electrons. The first-order valence-corrected chi connectivity index (χ1v) is 5.84. The molecule has 0 saturated carbocycles. The highest BCUT2D eigenvalue weighted by Gasteiger charge is 2.07. The second kappa shape index (κ2) is 9.93. The lowest BCUT2D eigenvalue weighted by Crippen LogP contribution is -2.36. The molecule has 0 rings (SSSR count). The predicted octanol–water partition coefficient (Wildman–Crippen LogP) is 0.783. The molecule has 0 aromatic rings. The molecule has 1 atom stereocenters. The lowest BCUT2D eigenvalue weighted by Gasteiger charge is -2.13. The van der Waals surface area contributed by atoms with Gasteiger partial charge in [0.2, 0.25) is 5.91 Å². The topological polar surface area (TPSA) is 75.3 Å². The predicted molar refractivity (Wildman–Crippen MR) is 61.4 cm³/mol. The molecule has 0 aromatic heterocycles. The van der Waals surface area contributed by atoms with Gasteiger partial charge in [0.1, 0.15) is 0 Å². The molecule has 0 bridgehead atoms. The Kier molecular flexibility index (Phi) is 9.52. The van der Waals surface area contributed by atoms with Crippen LogP contribution in [0.2, 0.25) is 0 Å². The molecule has 1 amide bonds. The minimum Gasteiger partial charge on any atom is -0.394 e. The summed E-state index contributed by atoms with van der Waals surface area (Å²) in [5.41, 5.74) is 5.37. The van der Waals surface area contributed by atoms with E-state index in [0.29, 0.717) is 6.42 Å². The van der Waals surface area contributed by atoms with Gasteiger partial charge in [-0.1, -0.05) is 19.8 Å². The van der Waals surface area contributed by atoms with Crippen molar-refractivity contribution in [1.29, 1.82) is 0 Å². The van der Waals surface area contributed by atoms with Gasteiger partial charge < -0.3 is 16.2 Å². The third-order valence-corrected chi connectivity index (χ3v) is 2.44. The minimum atomic E-state index is -0.0819. The van der Waals surface area contributed by atoms with E-state index in [1.165, 1.54) is 0 Å². The number of nitrogens with one attached hydrogen (secondary N) is 1. The van der Waals surface area contributed by atoms with Crippen LogP contribution in [0, 0.1) is 0 Å². The quantitative estimate of drug-likeness (QED) is 0.499. The summed E-state index contributed by atoms with van der Waals surface area (Å²) < 4.78 is 0. The molecule has 0 unspecified atom stereocenters. The Labute approximate surface area is 92.2 Å². The fourth-order valence-electron chi connectivity index (χ4n) is 1.36. The number of hydrogen-bond donors (Lipinski definition) is 3. The Morgan fingerprint density at radius 3 is 2.53 bits per heavy atom. The van der Waals surface area contributed by atoms with Gasteiger partial charge in [-0.15, -0.1) is 0 Å². The van der Waals surface area contributed by atoms with E-state index in [1.54, 1.807) is 0 Å². The van der Waals surface area contributed by atoms with Gasteiger partial charge in [0.15, 0.2) is 0 Å². The Morgan fingerprint density at radius 1 is 1.33 bits per heavy atom. The smallest absolute Gasteiger partial charge is 0.220 e. The summed E-state index contributed by atoms with van der Waals surface area (Å²) in [4.78, 5) is 11.4. The molecule has 4 N–H and O–H groups in total. The summed E-state index contributed by atoms with van der Waals surface area (Å²) in [6, 6.07) is -0.0819. The van der Waals surface area contributed by atoms with Crippen molar-refractivity contribution >= 4 is 5.91 Å². The second-order valence-corrected chi connectivity index (χ2v) is 3.81. The third kappa shape index (κ3) is 8.39. The van der Waals surface area contributed by atoms with Crippen molar-refractivity contribution < 1.29 is 9.90 Å². The molecule has 4 heteroatoms. The molecular formula is C11H24N2O2. The highest BCUT2D eigenvalue weighted by atomic mass is 16.3. The van der Waals surface area contributed by atoms with Crippen LogP contribution in [0.1, 0.15) is 45.4 Å². The van der Waals surface area contributed by atoms with Crippen molar-refractivity contribution in [2.24, 2.45) is 5.73 Å². The molecule has 0 aliphatic rings. The van der Waals surface area contributed by atoms with Crippen molar-refractivity contribution in [3.05, 3.63) is 0 Å². The molecule has 0 aromatic carbocycles. The Morgan fingerprint density at radius 2 is 2.00 bits per heavy atom. The second-order valence-electron chi connectivity index (χ2n) is 3.81. The fraction of sp³-hybridized carbons (Fsp3) is 0.909. The lowest BCUT2D eigenvalue weighted by molar-refractivity contribution is -0.122. The molecule has 0 aliphatic heterocycles. The normalized spacial score (nSPS) is 12.5. The van der Waals surface area contributed by atoms with Crippen molar-refractivity contribution in [3.63, 3.8) is 0 Å². The summed E-state index contributed by atoms with van der Waals surface area (Å²) in [7, 11) is 0. The summed E-state index contributed by atoms with van der Waals surface area (Å²) >= 11 is 0. The average Bonchev–Trinajstić information content (AvgIpc) is 2.25. The number of rotatable bonds is 9. The van der Waals surface area contributed by atoms with E-state index in [9.17, 15) is 4.79 Å². The van der Waals surface area contributed by atoms with E-state index in [2.05, 4.69) is 5.32 Å². The van der Waals surface area contributed by atoms with Crippen LogP contribution < -0.4 is 11.1 Å².